The molecule has 1 N–H and O–H groups in total. The second kappa shape index (κ2) is 9.82. The van der Waals surface area contributed by atoms with E-state index in [1.807, 2.05) is 54.6 Å². The van der Waals surface area contributed by atoms with Crippen LogP contribution in [0.4, 0.5) is 5.69 Å². The average Bonchev–Trinajstić information content (AvgIpc) is 2.85. The Morgan fingerprint density at radius 1 is 1.12 bits per heavy atom. The smallest absolute Gasteiger partial charge is 0.245 e. The van der Waals surface area contributed by atoms with Crippen molar-refractivity contribution >= 4 is 22.5 Å². The van der Waals surface area contributed by atoms with Crippen molar-refractivity contribution in [2.45, 2.75) is 44.9 Å². The number of nitrogens with one attached hydrogen (secondary N) is 1. The van der Waals surface area contributed by atoms with Gasteiger partial charge < -0.3 is 10.1 Å². The van der Waals surface area contributed by atoms with E-state index in [0.717, 1.165) is 35.1 Å². The Hall–Kier alpha value is -3.39. The Bertz CT molecular complexity index is 1110. The Morgan fingerprint density at radius 3 is 2.59 bits per heavy atom. The van der Waals surface area contributed by atoms with Crippen molar-refractivity contribution in [1.29, 1.82) is 5.26 Å². The number of nitriles is 1. The Kier molecular flexibility index (Phi) is 6.70. The molecular formula is C27H29N3O2. The van der Waals surface area contributed by atoms with Crippen molar-refractivity contribution in [3.63, 3.8) is 0 Å². The molecule has 1 amide bonds. The summed E-state index contributed by atoms with van der Waals surface area (Å²) in [5.41, 5.74) is 1.19. The van der Waals surface area contributed by atoms with Crippen molar-refractivity contribution < 1.29 is 9.53 Å². The third-order valence-corrected chi connectivity index (χ3v) is 6.56. The van der Waals surface area contributed by atoms with Crippen LogP contribution in [0, 0.1) is 22.7 Å². The van der Waals surface area contributed by atoms with Crippen molar-refractivity contribution in [3.8, 4) is 11.8 Å². The van der Waals surface area contributed by atoms with Crippen LogP contribution in [0.25, 0.3) is 10.9 Å². The molecule has 0 saturated heterocycles. The molecule has 1 unspecified atom stereocenters. The molecule has 5 nitrogen and oxygen atoms in total. The number of carbonyl (C=O) groups excluding carboxylic acids is 1. The van der Waals surface area contributed by atoms with Gasteiger partial charge in [-0.1, -0.05) is 62.4 Å². The number of fused-ring (bicyclic) bond motifs is 1. The van der Waals surface area contributed by atoms with Crippen LogP contribution in [0.15, 0.2) is 60.8 Å². The second-order valence-electron chi connectivity index (χ2n) is 8.76. The predicted octanol–water partition coefficient (Wildman–Crippen LogP) is 5.90. The summed E-state index contributed by atoms with van der Waals surface area (Å²) >= 11 is 0. The molecule has 0 radical (unpaired) electrons. The minimum Gasteiger partial charge on any atom is -0.497 e. The summed E-state index contributed by atoms with van der Waals surface area (Å²) in [6, 6.07) is 19.7. The van der Waals surface area contributed by atoms with Gasteiger partial charge in [-0.2, -0.15) is 5.26 Å². The van der Waals surface area contributed by atoms with Crippen molar-refractivity contribution in [3.05, 3.63) is 66.4 Å². The first-order valence-corrected chi connectivity index (χ1v) is 11.3. The molecule has 2 aromatic carbocycles. The quantitative estimate of drug-likeness (QED) is 0.509. The van der Waals surface area contributed by atoms with Gasteiger partial charge in [0.2, 0.25) is 5.91 Å². The number of carbonyl (C=O) groups is 1. The van der Waals surface area contributed by atoms with Crippen LogP contribution in [-0.2, 0) is 11.2 Å². The third kappa shape index (κ3) is 4.75. The minimum atomic E-state index is -1.15. The molecule has 0 aliphatic heterocycles. The molecule has 0 spiro atoms. The fraction of sp³-hybridized carbons (Fsp3) is 0.370. The lowest BCUT2D eigenvalue weighted by Crippen LogP contribution is -2.39. The number of para-hydroxylation sites is 1. The van der Waals surface area contributed by atoms with Crippen LogP contribution in [0.1, 0.15) is 44.1 Å². The van der Waals surface area contributed by atoms with E-state index in [2.05, 4.69) is 16.4 Å². The van der Waals surface area contributed by atoms with Crippen LogP contribution < -0.4 is 10.1 Å². The fourth-order valence-corrected chi connectivity index (χ4v) is 4.80. The molecule has 1 aliphatic carbocycles. The van der Waals surface area contributed by atoms with E-state index < -0.39 is 5.41 Å². The second-order valence-corrected chi connectivity index (χ2v) is 8.76. The van der Waals surface area contributed by atoms with Crippen LogP contribution in [0.2, 0.25) is 0 Å². The van der Waals surface area contributed by atoms with Crippen molar-refractivity contribution in [2.24, 2.45) is 11.3 Å². The summed E-state index contributed by atoms with van der Waals surface area (Å²) in [5.74, 6) is 0.896. The molecule has 1 aromatic heterocycles. The summed E-state index contributed by atoms with van der Waals surface area (Å²) in [5, 5.41) is 14.4. The first-order valence-electron chi connectivity index (χ1n) is 11.3. The monoisotopic (exact) mass is 427 g/mol. The maximum atomic E-state index is 13.7. The summed E-state index contributed by atoms with van der Waals surface area (Å²) in [4.78, 5) is 18.2. The maximum absolute atomic E-state index is 13.7. The van der Waals surface area contributed by atoms with Gasteiger partial charge in [0.05, 0.1) is 24.4 Å². The summed E-state index contributed by atoms with van der Waals surface area (Å²) < 4.78 is 5.26. The van der Waals surface area contributed by atoms with Gasteiger partial charge in [0, 0.05) is 18.0 Å². The first kappa shape index (κ1) is 21.8. The molecule has 1 saturated carbocycles. The molecule has 32 heavy (non-hydrogen) atoms. The molecular weight excluding hydrogens is 398 g/mol. The van der Waals surface area contributed by atoms with Crippen molar-refractivity contribution in [2.75, 3.05) is 12.4 Å². The highest BCUT2D eigenvalue weighted by molar-refractivity contribution is 6.03. The largest absolute Gasteiger partial charge is 0.497 e. The average molecular weight is 428 g/mol. The van der Waals surface area contributed by atoms with E-state index in [9.17, 15) is 10.1 Å². The zero-order chi connectivity index (χ0) is 22.4. The number of amides is 1. The van der Waals surface area contributed by atoms with Gasteiger partial charge in [-0.25, -0.2) is 0 Å². The lowest BCUT2D eigenvalue weighted by molar-refractivity contribution is -0.123. The zero-order valence-corrected chi connectivity index (χ0v) is 18.5. The van der Waals surface area contributed by atoms with E-state index in [4.69, 9.17) is 4.74 Å². The Labute approximate surface area is 189 Å². The highest BCUT2D eigenvalue weighted by Crippen LogP contribution is 2.38. The Balaban J connectivity index is 1.65. The van der Waals surface area contributed by atoms with E-state index in [0.29, 0.717) is 24.4 Å². The number of hydrogen-bond acceptors (Lipinski definition) is 4. The van der Waals surface area contributed by atoms with Crippen LogP contribution >= 0.6 is 0 Å². The van der Waals surface area contributed by atoms with Gasteiger partial charge in [-0.3, -0.25) is 9.78 Å². The lowest BCUT2D eigenvalue weighted by atomic mass is 9.71. The minimum absolute atomic E-state index is 0.250. The number of nitrogens with zero attached hydrogens (tertiary/aromatic N) is 2. The van der Waals surface area contributed by atoms with Gasteiger partial charge >= 0.3 is 0 Å². The van der Waals surface area contributed by atoms with Crippen LogP contribution in [0.5, 0.6) is 5.75 Å². The number of rotatable bonds is 7. The molecule has 1 atom stereocenters. The molecule has 5 heteroatoms. The summed E-state index contributed by atoms with van der Waals surface area (Å²) in [6.45, 7) is 0. The topological polar surface area (TPSA) is 75.0 Å². The number of aromatic nitrogens is 1. The molecule has 4 rings (SSSR count). The first-order chi connectivity index (χ1) is 15.6. The van der Waals surface area contributed by atoms with Gasteiger partial charge in [-0.15, -0.1) is 0 Å². The zero-order valence-electron chi connectivity index (χ0n) is 18.5. The molecule has 3 aromatic rings. The lowest BCUT2D eigenvalue weighted by Gasteiger charge is -2.32. The number of hydrogen-bond donors (Lipinski definition) is 1. The third-order valence-electron chi connectivity index (χ3n) is 6.56. The highest BCUT2D eigenvalue weighted by Gasteiger charge is 2.41. The van der Waals surface area contributed by atoms with E-state index in [1.54, 1.807) is 13.3 Å². The summed E-state index contributed by atoms with van der Waals surface area (Å²) in [7, 11) is 1.63. The number of anilines is 1. The van der Waals surface area contributed by atoms with Crippen molar-refractivity contribution in [1.82, 2.24) is 4.98 Å². The molecule has 164 valence electrons. The highest BCUT2D eigenvalue weighted by atomic mass is 16.5. The van der Waals surface area contributed by atoms with Gasteiger partial charge in [0.1, 0.15) is 11.2 Å². The maximum Gasteiger partial charge on any atom is 0.245 e. The standard InChI is InChI=1S/C27H29N3O2/c1-32-23-14-12-21(13-15-23)18-27(19-28,17-20-7-3-2-4-8-20)26(31)30-24-11-5-9-22-10-6-16-29-25(22)24/h5-6,9-16,20H,2-4,7-8,17-18H2,1H3,(H,30,31). The normalized spacial score (nSPS) is 16.1. The predicted molar refractivity (Wildman–Crippen MR) is 126 cm³/mol. The Morgan fingerprint density at radius 2 is 1.88 bits per heavy atom. The number of ether oxygens (including phenoxy) is 1. The number of pyridine rings is 1. The SMILES string of the molecule is COc1ccc(CC(C#N)(CC2CCCCC2)C(=O)Nc2cccc3cccnc23)cc1. The molecule has 1 fully saturated rings. The molecule has 1 heterocycles. The number of methoxy groups -OCH3 is 1. The number of benzene rings is 2. The van der Waals surface area contributed by atoms with Gasteiger partial charge in [-0.05, 0) is 42.2 Å². The van der Waals surface area contributed by atoms with E-state index >= 15 is 0 Å². The fourth-order valence-electron chi connectivity index (χ4n) is 4.80. The van der Waals surface area contributed by atoms with Crippen LogP contribution in [0.3, 0.4) is 0 Å². The van der Waals surface area contributed by atoms with Gasteiger partial charge in [0.25, 0.3) is 0 Å². The molecule has 1 aliphatic rings. The van der Waals surface area contributed by atoms with E-state index in [1.165, 1.54) is 19.3 Å². The van der Waals surface area contributed by atoms with E-state index in [-0.39, 0.29) is 5.91 Å². The van der Waals surface area contributed by atoms with Crippen LogP contribution in [-0.4, -0.2) is 18.0 Å². The molecule has 0 bridgehead atoms. The summed E-state index contributed by atoms with van der Waals surface area (Å²) in [6.07, 6.45) is 8.39. The van der Waals surface area contributed by atoms with Gasteiger partial charge in [0.15, 0.2) is 0 Å².